The minimum Gasteiger partial charge on any atom is -0.462 e. The minimum atomic E-state index is -4.97. The van der Waals surface area contributed by atoms with E-state index in [1.165, 1.54) is 186 Å². The molecule has 0 saturated carbocycles. The molecule has 0 aliphatic carbocycles. The molecule has 572 valence electrons. The number of carbonyl (C=O) groups is 4. The van der Waals surface area contributed by atoms with E-state index in [2.05, 4.69) is 58.9 Å². The number of aliphatic hydroxyl groups excluding tert-OH is 1. The van der Waals surface area contributed by atoms with Crippen molar-refractivity contribution in [1.82, 2.24) is 0 Å². The van der Waals surface area contributed by atoms with Gasteiger partial charge in [0.15, 0.2) is 12.2 Å². The summed E-state index contributed by atoms with van der Waals surface area (Å²) in [5.74, 6) is -1.41. The van der Waals surface area contributed by atoms with Gasteiger partial charge in [-0.2, -0.15) is 0 Å². The van der Waals surface area contributed by atoms with Gasteiger partial charge < -0.3 is 33.8 Å². The molecule has 97 heavy (non-hydrogen) atoms. The standard InChI is InChI=1S/C78H148O17P2/c1-6-9-12-15-18-21-23-25-27-28-29-30-31-32-33-35-37-39-43-48-53-58-63-77(82)94-74(68-89-76(81)62-57-52-47-42-38-36-34-26-24-22-19-16-13-10-7-2)70-93-97(86,87)91-66-72(79)65-90-96(84,85)92-69-73(67-88-75(80)61-56-51-46-20-17-14-11-8-3)95-78(83)64-59-54-49-44-40-41-45-50-55-60-71(4)5/h22,24,26,34,71-74,79H,6-21,23,25,27-33,35-70H2,1-5H3,(H,84,85)(H,86,87)/b24-22-,34-26-/t72-,73+,74+/m0/s1. The molecule has 0 fully saturated rings. The third kappa shape index (κ3) is 71.7. The zero-order valence-corrected chi connectivity index (χ0v) is 64.5. The van der Waals surface area contributed by atoms with Crippen LogP contribution in [0.15, 0.2) is 24.3 Å². The number of hydrogen-bond acceptors (Lipinski definition) is 15. The third-order valence-corrected chi connectivity index (χ3v) is 19.6. The Balaban J connectivity index is 5.20. The second-order valence-corrected chi connectivity index (χ2v) is 30.8. The number of rotatable bonds is 76. The van der Waals surface area contributed by atoms with Gasteiger partial charge >= 0.3 is 39.5 Å². The topological polar surface area (TPSA) is 237 Å². The summed E-state index contributed by atoms with van der Waals surface area (Å²) in [5.41, 5.74) is 0. The zero-order chi connectivity index (χ0) is 71.2. The van der Waals surface area contributed by atoms with Crippen LogP contribution in [0.1, 0.15) is 388 Å². The molecular weight excluding hydrogens is 1270 g/mol. The molecule has 2 unspecified atom stereocenters. The van der Waals surface area contributed by atoms with Gasteiger partial charge in [-0.15, -0.1) is 0 Å². The van der Waals surface area contributed by atoms with E-state index in [4.69, 9.17) is 37.0 Å². The Morgan fingerprint density at radius 3 is 0.845 bits per heavy atom. The van der Waals surface area contributed by atoms with Gasteiger partial charge in [0, 0.05) is 25.7 Å². The molecule has 0 amide bonds. The lowest BCUT2D eigenvalue weighted by Gasteiger charge is -2.21. The predicted octanol–water partition coefficient (Wildman–Crippen LogP) is 22.8. The summed E-state index contributed by atoms with van der Waals surface area (Å²) in [4.78, 5) is 72.7. The maximum atomic E-state index is 13.1. The van der Waals surface area contributed by atoms with Crippen LogP contribution in [0.5, 0.6) is 0 Å². The average molecular weight is 1420 g/mol. The van der Waals surface area contributed by atoms with Crippen molar-refractivity contribution in [2.75, 3.05) is 39.6 Å². The molecule has 5 atom stereocenters. The van der Waals surface area contributed by atoms with Gasteiger partial charge in [0.1, 0.15) is 19.3 Å². The van der Waals surface area contributed by atoms with Crippen molar-refractivity contribution in [3.05, 3.63) is 24.3 Å². The van der Waals surface area contributed by atoms with Crippen LogP contribution < -0.4 is 0 Å². The molecule has 0 rings (SSSR count). The predicted molar refractivity (Wildman–Crippen MR) is 395 cm³/mol. The van der Waals surface area contributed by atoms with E-state index < -0.39 is 97.5 Å². The van der Waals surface area contributed by atoms with Crippen molar-refractivity contribution >= 4 is 39.5 Å². The maximum Gasteiger partial charge on any atom is 0.472 e. The first kappa shape index (κ1) is 94.5. The summed E-state index contributed by atoms with van der Waals surface area (Å²) in [7, 11) is -9.92. The number of phosphoric ester groups is 2. The first-order valence-electron chi connectivity index (χ1n) is 40.0. The van der Waals surface area contributed by atoms with Crippen LogP contribution in [0.4, 0.5) is 0 Å². The van der Waals surface area contributed by atoms with E-state index in [9.17, 15) is 43.2 Å². The van der Waals surface area contributed by atoms with Gasteiger partial charge in [0.25, 0.3) is 0 Å². The molecule has 17 nitrogen and oxygen atoms in total. The summed E-state index contributed by atoms with van der Waals surface area (Å²) in [6.45, 7) is 7.18. The lowest BCUT2D eigenvalue weighted by Crippen LogP contribution is -2.30. The number of ether oxygens (including phenoxy) is 4. The van der Waals surface area contributed by atoms with Gasteiger partial charge in [-0.3, -0.25) is 37.3 Å². The second kappa shape index (κ2) is 70.6. The Hall–Kier alpha value is -2.46. The molecule has 19 heteroatoms. The van der Waals surface area contributed by atoms with E-state index in [-0.39, 0.29) is 25.7 Å². The maximum absolute atomic E-state index is 13.1. The highest BCUT2D eigenvalue weighted by atomic mass is 31.2. The number of phosphoric acid groups is 2. The Morgan fingerprint density at radius 1 is 0.320 bits per heavy atom. The van der Waals surface area contributed by atoms with Crippen molar-refractivity contribution in [1.29, 1.82) is 0 Å². The lowest BCUT2D eigenvalue weighted by atomic mass is 10.0. The molecular formula is C78H148O17P2. The molecule has 0 saturated heterocycles. The summed E-state index contributed by atoms with van der Waals surface area (Å²) >= 11 is 0. The fourth-order valence-corrected chi connectivity index (χ4v) is 13.1. The van der Waals surface area contributed by atoms with Crippen molar-refractivity contribution < 1.29 is 80.2 Å². The Kier molecular flexibility index (Phi) is 68.8. The minimum absolute atomic E-state index is 0.102. The largest absolute Gasteiger partial charge is 0.472 e. The van der Waals surface area contributed by atoms with Crippen molar-refractivity contribution in [3.63, 3.8) is 0 Å². The van der Waals surface area contributed by atoms with E-state index in [1.54, 1.807) is 0 Å². The van der Waals surface area contributed by atoms with Crippen LogP contribution in [0.3, 0.4) is 0 Å². The number of aliphatic hydroxyl groups is 1. The highest BCUT2D eigenvalue weighted by Crippen LogP contribution is 2.45. The number of unbranched alkanes of at least 4 members (excludes halogenated alkanes) is 45. The number of carbonyl (C=O) groups excluding carboxylic acids is 4. The number of esters is 4. The van der Waals surface area contributed by atoms with Crippen LogP contribution >= 0.6 is 15.6 Å². The SMILES string of the molecule is CCCCCC/C=C\C=C/CCCCCCCC(=O)OC[C@H](COP(=O)(O)OC[C@@H](O)COP(=O)(O)OC[C@@H](COC(=O)CCCCCCCCCC)OC(=O)CCCCCCCCCCCC(C)C)OC(=O)CCCCCCCCCCCCCCCCCCCCCCCC. The summed E-state index contributed by atoms with van der Waals surface area (Å²) in [6, 6.07) is 0. The fourth-order valence-electron chi connectivity index (χ4n) is 11.5. The Morgan fingerprint density at radius 2 is 0.557 bits per heavy atom. The highest BCUT2D eigenvalue weighted by Gasteiger charge is 2.30. The molecule has 0 aromatic carbocycles. The van der Waals surface area contributed by atoms with Crippen LogP contribution in [0.25, 0.3) is 0 Å². The molecule has 0 aliphatic heterocycles. The first-order chi connectivity index (χ1) is 47.0. The summed E-state index contributed by atoms with van der Waals surface area (Å²) in [5, 5.41) is 10.6. The van der Waals surface area contributed by atoms with E-state index >= 15 is 0 Å². The van der Waals surface area contributed by atoms with Gasteiger partial charge in [-0.1, -0.05) is 335 Å². The zero-order valence-electron chi connectivity index (χ0n) is 62.7. The van der Waals surface area contributed by atoms with Crippen LogP contribution in [-0.2, 0) is 65.4 Å². The summed E-state index contributed by atoms with van der Waals surface area (Å²) in [6.07, 6.45) is 63.5. The average Bonchev–Trinajstić information content (AvgIpc) is 1.09. The van der Waals surface area contributed by atoms with E-state index in [0.717, 1.165) is 121 Å². The molecule has 0 aromatic heterocycles. The quantitative estimate of drug-likeness (QED) is 0.0169. The lowest BCUT2D eigenvalue weighted by molar-refractivity contribution is -0.161. The molecule has 0 spiro atoms. The molecule has 0 radical (unpaired) electrons. The second-order valence-electron chi connectivity index (χ2n) is 27.9. The van der Waals surface area contributed by atoms with Crippen molar-refractivity contribution in [2.24, 2.45) is 5.92 Å². The molecule has 3 N–H and O–H groups in total. The Labute approximate surface area is 592 Å². The summed E-state index contributed by atoms with van der Waals surface area (Å²) < 4.78 is 68.4. The first-order valence-corrected chi connectivity index (χ1v) is 42.9. The van der Waals surface area contributed by atoms with Crippen molar-refractivity contribution in [2.45, 2.75) is 406 Å². The molecule has 0 bridgehead atoms. The number of hydrogen-bond donors (Lipinski definition) is 3. The van der Waals surface area contributed by atoms with E-state index in [1.807, 2.05) is 0 Å². The normalized spacial score (nSPS) is 14.1. The van der Waals surface area contributed by atoms with E-state index in [0.29, 0.717) is 25.7 Å². The monoisotopic (exact) mass is 1420 g/mol. The van der Waals surface area contributed by atoms with Crippen LogP contribution in [0, 0.1) is 5.92 Å². The number of allylic oxidation sites excluding steroid dienone is 4. The van der Waals surface area contributed by atoms with Crippen LogP contribution in [0.2, 0.25) is 0 Å². The molecule has 0 aliphatic rings. The molecule has 0 aromatic rings. The Bertz CT molecular complexity index is 1950. The van der Waals surface area contributed by atoms with Crippen LogP contribution in [-0.4, -0.2) is 96.7 Å². The van der Waals surface area contributed by atoms with Gasteiger partial charge in [-0.05, 0) is 57.3 Å². The van der Waals surface area contributed by atoms with Gasteiger partial charge in [-0.25, -0.2) is 9.13 Å². The van der Waals surface area contributed by atoms with Gasteiger partial charge in [0.2, 0.25) is 0 Å². The van der Waals surface area contributed by atoms with Crippen molar-refractivity contribution in [3.8, 4) is 0 Å². The molecule has 0 heterocycles. The third-order valence-electron chi connectivity index (χ3n) is 17.7. The van der Waals surface area contributed by atoms with Gasteiger partial charge in [0.05, 0.1) is 26.4 Å². The smallest absolute Gasteiger partial charge is 0.462 e. The highest BCUT2D eigenvalue weighted by molar-refractivity contribution is 7.47. The fraction of sp³-hybridized carbons (Fsp3) is 0.897.